The lowest BCUT2D eigenvalue weighted by atomic mass is 9.93. The van der Waals surface area contributed by atoms with Crippen molar-refractivity contribution in [3.05, 3.63) is 93.4 Å². The molecule has 3 heterocycles. The van der Waals surface area contributed by atoms with E-state index < -0.39 is 0 Å². The molecule has 0 N–H and O–H groups in total. The number of carbonyl (C=O) groups is 2. The molecule has 2 amide bonds. The highest BCUT2D eigenvalue weighted by Crippen LogP contribution is 2.48. The third-order valence-electron chi connectivity index (χ3n) is 7.85. The number of hydrogen-bond donors (Lipinski definition) is 0. The zero-order chi connectivity index (χ0) is 24.6. The molecule has 5 nitrogen and oxygen atoms in total. The summed E-state index contributed by atoms with van der Waals surface area (Å²) in [7, 11) is 0. The Balaban J connectivity index is 1.08. The van der Waals surface area contributed by atoms with E-state index in [1.165, 1.54) is 22.1 Å². The number of halogens is 1. The molecule has 186 valence electrons. The van der Waals surface area contributed by atoms with Gasteiger partial charge in [-0.2, -0.15) is 0 Å². The van der Waals surface area contributed by atoms with Crippen molar-refractivity contribution in [2.24, 2.45) is 5.92 Å². The molecule has 0 radical (unpaired) electrons. The molecular formula is C29H30FN3O2S. The minimum Gasteiger partial charge on any atom is -0.339 e. The average Bonchev–Trinajstić information content (AvgIpc) is 3.57. The first-order chi connectivity index (χ1) is 17.6. The van der Waals surface area contributed by atoms with E-state index in [9.17, 15) is 14.0 Å². The second kappa shape index (κ2) is 9.79. The molecule has 36 heavy (non-hydrogen) atoms. The maximum Gasteiger partial charge on any atom is 0.236 e. The van der Waals surface area contributed by atoms with E-state index in [0.717, 1.165) is 24.9 Å². The van der Waals surface area contributed by atoms with E-state index in [1.807, 2.05) is 34.1 Å². The Bertz CT molecular complexity index is 1250. The lowest BCUT2D eigenvalue weighted by molar-refractivity contribution is -0.141. The van der Waals surface area contributed by atoms with Crippen LogP contribution in [0.2, 0.25) is 0 Å². The Morgan fingerprint density at radius 2 is 1.64 bits per heavy atom. The summed E-state index contributed by atoms with van der Waals surface area (Å²) in [6.07, 6.45) is 1.82. The summed E-state index contributed by atoms with van der Waals surface area (Å²) in [4.78, 5) is 33.7. The van der Waals surface area contributed by atoms with E-state index in [2.05, 4.69) is 28.5 Å². The summed E-state index contributed by atoms with van der Waals surface area (Å²) in [6.45, 7) is 3.37. The number of benzene rings is 2. The molecule has 2 fully saturated rings. The molecule has 1 saturated heterocycles. The monoisotopic (exact) mass is 503 g/mol. The number of carbonyl (C=O) groups excluding carboxylic acids is 2. The van der Waals surface area contributed by atoms with Gasteiger partial charge in [0.05, 0.1) is 12.6 Å². The van der Waals surface area contributed by atoms with Gasteiger partial charge in [-0.1, -0.05) is 42.5 Å². The van der Waals surface area contributed by atoms with Crippen LogP contribution in [-0.4, -0.2) is 65.8 Å². The van der Waals surface area contributed by atoms with Crippen molar-refractivity contribution >= 4 is 23.2 Å². The molecule has 0 bridgehead atoms. The van der Waals surface area contributed by atoms with E-state index >= 15 is 0 Å². The number of fused-ring (bicyclic) bond motifs is 1. The van der Waals surface area contributed by atoms with Gasteiger partial charge in [-0.05, 0) is 59.0 Å². The topological polar surface area (TPSA) is 43.9 Å². The third kappa shape index (κ3) is 4.58. The third-order valence-corrected chi connectivity index (χ3v) is 8.84. The summed E-state index contributed by atoms with van der Waals surface area (Å²) >= 11 is 1.73. The van der Waals surface area contributed by atoms with Gasteiger partial charge in [0.1, 0.15) is 5.82 Å². The molecule has 1 aliphatic carbocycles. The predicted molar refractivity (Wildman–Crippen MR) is 138 cm³/mol. The van der Waals surface area contributed by atoms with Crippen molar-refractivity contribution in [1.82, 2.24) is 14.7 Å². The first kappa shape index (κ1) is 23.4. The fourth-order valence-electron chi connectivity index (χ4n) is 5.83. The normalized spacial score (nSPS) is 23.9. The van der Waals surface area contributed by atoms with Crippen LogP contribution in [0.4, 0.5) is 4.39 Å². The number of rotatable bonds is 5. The Morgan fingerprint density at radius 1 is 0.889 bits per heavy atom. The Morgan fingerprint density at radius 3 is 2.42 bits per heavy atom. The van der Waals surface area contributed by atoms with Crippen LogP contribution in [0.1, 0.15) is 39.9 Å². The van der Waals surface area contributed by atoms with Gasteiger partial charge in [0.25, 0.3) is 0 Å². The van der Waals surface area contributed by atoms with Gasteiger partial charge in [0.2, 0.25) is 11.8 Å². The number of nitrogens with zero attached hydrogens (tertiary/aromatic N) is 3. The first-order valence-corrected chi connectivity index (χ1v) is 13.6. The number of piperazine rings is 1. The summed E-state index contributed by atoms with van der Waals surface area (Å²) in [5.41, 5.74) is 3.31. The lowest BCUT2D eigenvalue weighted by Gasteiger charge is -2.39. The smallest absolute Gasteiger partial charge is 0.236 e. The van der Waals surface area contributed by atoms with Crippen molar-refractivity contribution in [3.8, 4) is 0 Å². The number of hydrogen-bond acceptors (Lipinski definition) is 4. The standard InChI is InChI=1S/C29H30FN3O2S/c30-22-8-4-7-21(17-22)28-23-10-16-36-26(23)9-11-33(28)19-27(34)31-12-14-32(15-13-31)29(35)25-18-24(25)20-5-2-1-3-6-20/h1-8,10,16-17,24-25,28H,9,11-15,18-19H2/t24-,25-,28+/m0/s1. The molecule has 6 rings (SSSR count). The fraction of sp³-hybridized carbons (Fsp3) is 0.379. The van der Waals surface area contributed by atoms with Crippen LogP contribution in [0, 0.1) is 11.7 Å². The van der Waals surface area contributed by atoms with Gasteiger partial charge in [0, 0.05) is 43.5 Å². The Kier molecular flexibility index (Phi) is 6.36. The zero-order valence-electron chi connectivity index (χ0n) is 20.2. The van der Waals surface area contributed by atoms with Crippen LogP contribution in [0.3, 0.4) is 0 Å². The second-order valence-corrected chi connectivity index (χ2v) is 11.0. The molecule has 1 aromatic heterocycles. The molecule has 2 aromatic carbocycles. The summed E-state index contributed by atoms with van der Waals surface area (Å²) < 4.78 is 14.1. The molecular weight excluding hydrogens is 473 g/mol. The predicted octanol–water partition coefficient (Wildman–Crippen LogP) is 4.31. The van der Waals surface area contributed by atoms with Gasteiger partial charge in [0.15, 0.2) is 0 Å². The molecule has 1 saturated carbocycles. The number of amides is 2. The molecule has 3 aromatic rings. The minimum absolute atomic E-state index is 0.0786. The second-order valence-electron chi connectivity index (χ2n) is 10.0. The maximum absolute atomic E-state index is 14.1. The molecule has 0 spiro atoms. The van der Waals surface area contributed by atoms with E-state index in [4.69, 9.17) is 0 Å². The number of thiophene rings is 1. The molecule has 3 aliphatic rings. The SMILES string of the molecule is O=C(CN1CCc2sccc2[C@H]1c1cccc(F)c1)N1CCN(C(=O)[C@H]2C[C@H]2c2ccccc2)CC1. The Labute approximate surface area is 215 Å². The van der Waals surface area contributed by atoms with Crippen molar-refractivity contribution < 1.29 is 14.0 Å². The Hall–Kier alpha value is -3.03. The van der Waals surface area contributed by atoms with Gasteiger partial charge in [-0.3, -0.25) is 14.5 Å². The largest absolute Gasteiger partial charge is 0.339 e. The lowest BCUT2D eigenvalue weighted by Crippen LogP contribution is -2.53. The van der Waals surface area contributed by atoms with Crippen molar-refractivity contribution in [1.29, 1.82) is 0 Å². The van der Waals surface area contributed by atoms with Gasteiger partial charge < -0.3 is 9.80 Å². The van der Waals surface area contributed by atoms with Crippen LogP contribution in [0.25, 0.3) is 0 Å². The zero-order valence-corrected chi connectivity index (χ0v) is 21.0. The van der Waals surface area contributed by atoms with Gasteiger partial charge in [-0.15, -0.1) is 11.3 Å². The molecule has 7 heteroatoms. The highest BCUT2D eigenvalue weighted by atomic mass is 32.1. The maximum atomic E-state index is 14.1. The fourth-order valence-corrected chi connectivity index (χ4v) is 6.73. The average molecular weight is 504 g/mol. The van der Waals surface area contributed by atoms with Crippen molar-refractivity contribution in [2.75, 3.05) is 39.3 Å². The van der Waals surface area contributed by atoms with Crippen LogP contribution in [0.15, 0.2) is 66.0 Å². The van der Waals surface area contributed by atoms with Gasteiger partial charge >= 0.3 is 0 Å². The van der Waals surface area contributed by atoms with Crippen LogP contribution < -0.4 is 0 Å². The van der Waals surface area contributed by atoms with E-state index in [-0.39, 0.29) is 29.6 Å². The van der Waals surface area contributed by atoms with Crippen LogP contribution in [-0.2, 0) is 16.0 Å². The van der Waals surface area contributed by atoms with Crippen molar-refractivity contribution in [2.45, 2.75) is 24.8 Å². The quantitative estimate of drug-likeness (QED) is 0.521. The van der Waals surface area contributed by atoms with E-state index in [0.29, 0.717) is 38.6 Å². The molecule has 2 aliphatic heterocycles. The molecule has 3 atom stereocenters. The van der Waals surface area contributed by atoms with Crippen molar-refractivity contribution in [3.63, 3.8) is 0 Å². The van der Waals surface area contributed by atoms with Gasteiger partial charge in [-0.25, -0.2) is 4.39 Å². The summed E-state index contributed by atoms with van der Waals surface area (Å²) in [5, 5.41) is 2.08. The first-order valence-electron chi connectivity index (χ1n) is 12.8. The van der Waals surface area contributed by atoms with Crippen LogP contribution >= 0.6 is 11.3 Å². The highest BCUT2D eigenvalue weighted by Gasteiger charge is 2.46. The summed E-state index contributed by atoms with van der Waals surface area (Å²) in [6, 6.07) is 19.0. The minimum atomic E-state index is -0.257. The molecule has 0 unspecified atom stereocenters. The highest BCUT2D eigenvalue weighted by molar-refractivity contribution is 7.10. The summed E-state index contributed by atoms with van der Waals surface area (Å²) in [5.74, 6) is 0.458. The van der Waals surface area contributed by atoms with E-state index in [1.54, 1.807) is 23.5 Å². The van der Waals surface area contributed by atoms with Crippen LogP contribution in [0.5, 0.6) is 0 Å².